The largest absolute Gasteiger partial charge is 0.573 e. The zero-order chi connectivity index (χ0) is 28.1. The minimum Gasteiger partial charge on any atom is -0.406 e. The van der Waals surface area contributed by atoms with Crippen LogP contribution in [0.4, 0.5) is 31.1 Å². The Kier molecular flexibility index (Phi) is 8.05. The van der Waals surface area contributed by atoms with Gasteiger partial charge in [-0.1, -0.05) is 24.3 Å². The lowest BCUT2D eigenvalue weighted by molar-refractivity contribution is -0.274. The van der Waals surface area contributed by atoms with Crippen LogP contribution in [-0.2, 0) is 6.18 Å². The topological polar surface area (TPSA) is 118 Å². The second-order valence-corrected chi connectivity index (χ2v) is 7.65. The number of urea groups is 1. The lowest BCUT2D eigenvalue weighted by atomic mass is 9.83. The molecule has 3 aromatic carbocycles. The van der Waals surface area contributed by atoms with Gasteiger partial charge in [-0.2, -0.15) is 23.5 Å². The van der Waals surface area contributed by atoms with Gasteiger partial charge >= 0.3 is 18.6 Å². The molecule has 0 aliphatic heterocycles. The quantitative estimate of drug-likeness (QED) is 0.180. The number of hydrazone groups is 1. The number of rotatable bonds is 7. The molecular formula is C25H16F6N4O3. The summed E-state index contributed by atoms with van der Waals surface area (Å²) >= 11 is 0. The standard InChI is InChI=1S/C25H16F6N4O3/c26-24(27,28)18-3-1-2-17(12-18)22(36)20(15-6-4-14(13-32)5-7-15)21(34-35-23(33)37)16-8-10-19(11-9-16)38-25(29,30)31/h1-12,20H,(H3,33,35,37)/b34-21+. The fraction of sp³-hybridized carbons (Fsp3) is 0.120. The third-order valence-electron chi connectivity index (χ3n) is 5.05. The number of hydrogen-bond acceptors (Lipinski definition) is 5. The summed E-state index contributed by atoms with van der Waals surface area (Å²) in [7, 11) is 0. The van der Waals surface area contributed by atoms with E-state index in [1.807, 2.05) is 11.5 Å². The lowest BCUT2D eigenvalue weighted by Gasteiger charge is -2.20. The van der Waals surface area contributed by atoms with Crippen molar-refractivity contribution in [2.24, 2.45) is 10.8 Å². The summed E-state index contributed by atoms with van der Waals surface area (Å²) in [5.41, 5.74) is 5.71. The zero-order valence-corrected chi connectivity index (χ0v) is 19.0. The molecule has 0 saturated carbocycles. The number of nitrogens with two attached hydrogens (primary N) is 1. The molecule has 0 aliphatic rings. The predicted octanol–water partition coefficient (Wildman–Crippen LogP) is 5.51. The molecule has 2 amide bonds. The van der Waals surface area contributed by atoms with Crippen LogP contribution in [0.25, 0.3) is 0 Å². The van der Waals surface area contributed by atoms with Gasteiger partial charge in [-0.3, -0.25) is 4.79 Å². The van der Waals surface area contributed by atoms with Crippen molar-refractivity contribution in [3.63, 3.8) is 0 Å². The Morgan fingerprint density at radius 3 is 2.08 bits per heavy atom. The molecule has 0 fully saturated rings. The Bertz CT molecular complexity index is 1390. The highest BCUT2D eigenvalue weighted by atomic mass is 19.4. The SMILES string of the molecule is N#Cc1ccc(C(C(=O)c2cccc(C(F)(F)F)c2)/C(=N/NC(N)=O)c2ccc(OC(F)(F)F)cc2)cc1. The van der Waals surface area contributed by atoms with Crippen LogP contribution >= 0.6 is 0 Å². The van der Waals surface area contributed by atoms with Crippen LogP contribution in [0.3, 0.4) is 0 Å². The molecule has 1 atom stereocenters. The van der Waals surface area contributed by atoms with Crippen molar-refractivity contribution in [2.45, 2.75) is 18.5 Å². The zero-order valence-electron chi connectivity index (χ0n) is 19.0. The smallest absolute Gasteiger partial charge is 0.406 e. The van der Waals surface area contributed by atoms with Crippen LogP contribution in [0.5, 0.6) is 5.75 Å². The summed E-state index contributed by atoms with van der Waals surface area (Å²) in [6.07, 6.45) is -9.73. The average Bonchev–Trinajstić information content (AvgIpc) is 2.85. The van der Waals surface area contributed by atoms with E-state index >= 15 is 0 Å². The molecule has 0 aromatic heterocycles. The van der Waals surface area contributed by atoms with Crippen LogP contribution in [-0.4, -0.2) is 23.9 Å². The van der Waals surface area contributed by atoms with Gasteiger partial charge in [0, 0.05) is 5.56 Å². The van der Waals surface area contributed by atoms with E-state index in [0.29, 0.717) is 6.07 Å². The van der Waals surface area contributed by atoms with Gasteiger partial charge in [0.1, 0.15) is 5.75 Å². The number of nitriles is 1. The highest BCUT2D eigenvalue weighted by molar-refractivity contribution is 6.22. The third kappa shape index (κ3) is 7.10. The molecule has 0 spiro atoms. The van der Waals surface area contributed by atoms with Gasteiger partial charge in [0.15, 0.2) is 5.78 Å². The molecule has 3 N–H and O–H groups in total. The molecule has 196 valence electrons. The summed E-state index contributed by atoms with van der Waals surface area (Å²) < 4.78 is 81.5. The molecule has 0 bridgehead atoms. The highest BCUT2D eigenvalue weighted by Gasteiger charge is 2.34. The minimum atomic E-state index is -4.98. The first-order valence-electron chi connectivity index (χ1n) is 10.5. The van der Waals surface area contributed by atoms with Gasteiger partial charge in [-0.05, 0) is 59.7 Å². The molecule has 13 heteroatoms. The molecule has 3 aromatic rings. The number of nitrogens with one attached hydrogen (secondary N) is 1. The van der Waals surface area contributed by atoms with Crippen LogP contribution in [0.1, 0.15) is 38.5 Å². The first-order chi connectivity index (χ1) is 17.8. The number of primary amides is 1. The van der Waals surface area contributed by atoms with Crippen molar-refractivity contribution >= 4 is 17.5 Å². The Hall–Kier alpha value is -4.86. The predicted molar refractivity (Wildman–Crippen MR) is 122 cm³/mol. The van der Waals surface area contributed by atoms with Crippen molar-refractivity contribution in [2.75, 3.05) is 0 Å². The number of carbonyl (C=O) groups excluding carboxylic acids is 2. The monoisotopic (exact) mass is 534 g/mol. The van der Waals surface area contributed by atoms with Crippen LogP contribution < -0.4 is 15.9 Å². The Morgan fingerprint density at radius 2 is 1.55 bits per heavy atom. The van der Waals surface area contributed by atoms with Crippen molar-refractivity contribution in [1.82, 2.24) is 5.43 Å². The maximum absolute atomic E-state index is 13.7. The average molecular weight is 534 g/mol. The number of amides is 2. The van der Waals surface area contributed by atoms with Gasteiger partial charge in [0.25, 0.3) is 0 Å². The van der Waals surface area contributed by atoms with Crippen LogP contribution in [0, 0.1) is 11.3 Å². The number of halogens is 6. The van der Waals surface area contributed by atoms with E-state index in [4.69, 9.17) is 11.0 Å². The first-order valence-corrected chi connectivity index (χ1v) is 10.5. The maximum atomic E-state index is 13.7. The van der Waals surface area contributed by atoms with Crippen molar-refractivity contribution in [3.8, 4) is 11.8 Å². The number of carbonyl (C=O) groups is 2. The van der Waals surface area contributed by atoms with E-state index in [9.17, 15) is 35.9 Å². The number of ether oxygens (including phenoxy) is 1. The van der Waals surface area contributed by atoms with Gasteiger partial charge in [-0.15, -0.1) is 13.2 Å². The number of hydrogen-bond donors (Lipinski definition) is 2. The normalized spacial score (nSPS) is 12.8. The van der Waals surface area contributed by atoms with Gasteiger partial charge in [-0.25, -0.2) is 10.2 Å². The van der Waals surface area contributed by atoms with Gasteiger partial charge < -0.3 is 10.5 Å². The fourth-order valence-electron chi connectivity index (χ4n) is 3.44. The van der Waals surface area contributed by atoms with E-state index in [-0.39, 0.29) is 28.0 Å². The summed E-state index contributed by atoms with van der Waals surface area (Å²) in [4.78, 5) is 25.1. The molecule has 3 rings (SSSR count). The van der Waals surface area contributed by atoms with Gasteiger partial charge in [0.2, 0.25) is 0 Å². The summed E-state index contributed by atoms with van der Waals surface area (Å²) in [5, 5.41) is 13.0. The third-order valence-corrected chi connectivity index (χ3v) is 5.05. The fourth-order valence-corrected chi connectivity index (χ4v) is 3.44. The number of nitrogens with zero attached hydrogens (tertiary/aromatic N) is 2. The van der Waals surface area contributed by atoms with E-state index in [2.05, 4.69) is 9.84 Å². The summed E-state index contributed by atoms with van der Waals surface area (Å²) in [6, 6.07) is 13.8. The molecule has 1 unspecified atom stereocenters. The number of Topliss-reactive ketones (excluding diaryl/α,β-unsaturated/α-hetero) is 1. The van der Waals surface area contributed by atoms with E-state index < -0.39 is 41.6 Å². The summed E-state index contributed by atoms with van der Waals surface area (Å²) in [6.45, 7) is 0. The van der Waals surface area contributed by atoms with E-state index in [1.54, 1.807) is 0 Å². The molecule has 0 aliphatic carbocycles. The minimum absolute atomic E-state index is 0.0166. The van der Waals surface area contributed by atoms with Gasteiger partial charge in [0.05, 0.1) is 28.8 Å². The first kappa shape index (κ1) is 27.7. The second-order valence-electron chi connectivity index (χ2n) is 7.65. The number of alkyl halides is 6. The Labute approximate surface area is 211 Å². The van der Waals surface area contributed by atoms with Crippen molar-refractivity contribution in [3.05, 3.63) is 101 Å². The number of ketones is 1. The molecular weight excluding hydrogens is 518 g/mol. The highest BCUT2D eigenvalue weighted by Crippen LogP contribution is 2.33. The Balaban J connectivity index is 2.18. The Morgan fingerprint density at radius 1 is 0.921 bits per heavy atom. The maximum Gasteiger partial charge on any atom is 0.573 e. The molecule has 7 nitrogen and oxygen atoms in total. The molecule has 38 heavy (non-hydrogen) atoms. The van der Waals surface area contributed by atoms with Crippen molar-refractivity contribution in [1.29, 1.82) is 5.26 Å². The summed E-state index contributed by atoms with van der Waals surface area (Å²) in [5.74, 6) is -2.96. The molecule has 0 saturated heterocycles. The lowest BCUT2D eigenvalue weighted by Crippen LogP contribution is -2.30. The molecule has 0 heterocycles. The molecule has 0 radical (unpaired) electrons. The van der Waals surface area contributed by atoms with Crippen molar-refractivity contribution < 1.29 is 40.7 Å². The number of benzene rings is 3. The van der Waals surface area contributed by atoms with E-state index in [1.165, 1.54) is 24.3 Å². The second kappa shape index (κ2) is 11.0. The van der Waals surface area contributed by atoms with Crippen LogP contribution in [0.2, 0.25) is 0 Å². The van der Waals surface area contributed by atoms with Crippen LogP contribution in [0.15, 0.2) is 77.9 Å². The van der Waals surface area contributed by atoms with E-state index in [0.717, 1.165) is 42.5 Å².